The maximum absolute atomic E-state index is 13.1. The molecule has 0 spiro atoms. The van der Waals surface area contributed by atoms with E-state index in [4.69, 9.17) is 0 Å². The Bertz CT molecular complexity index is 1170. The van der Waals surface area contributed by atoms with Crippen LogP contribution in [0.3, 0.4) is 0 Å². The van der Waals surface area contributed by atoms with Crippen molar-refractivity contribution in [3.05, 3.63) is 87.0 Å². The number of benzene rings is 3. The average Bonchev–Trinajstić information content (AvgIpc) is 2.65. The summed E-state index contributed by atoms with van der Waals surface area (Å²) < 4.78 is 0. The first-order valence-corrected chi connectivity index (χ1v) is 8.16. The van der Waals surface area contributed by atoms with Gasteiger partial charge in [0.15, 0.2) is 11.6 Å². The summed E-state index contributed by atoms with van der Waals surface area (Å²) in [5.74, 6) is -2.27. The zero-order valence-electron chi connectivity index (χ0n) is 14.2. The highest BCUT2D eigenvalue weighted by Gasteiger charge is 2.36. The molecule has 8 heteroatoms. The summed E-state index contributed by atoms with van der Waals surface area (Å²) in [5, 5.41) is 34.2. The molecule has 1 aliphatic carbocycles. The molecule has 8 nitrogen and oxygen atoms in total. The summed E-state index contributed by atoms with van der Waals surface area (Å²) in [6, 6.07) is 13.0. The second-order valence-electron chi connectivity index (χ2n) is 6.21. The van der Waals surface area contributed by atoms with Crippen molar-refractivity contribution in [2.75, 3.05) is 5.32 Å². The molecular formula is C20H12N2O6. The van der Waals surface area contributed by atoms with Crippen LogP contribution in [0.1, 0.15) is 31.8 Å². The molecule has 3 aromatic carbocycles. The number of aromatic hydroxyl groups is 2. The Labute approximate surface area is 157 Å². The van der Waals surface area contributed by atoms with Gasteiger partial charge in [-0.25, -0.2) is 0 Å². The number of non-ortho nitro benzene ring substituents is 1. The number of nitro benzene ring substituents is 1. The fraction of sp³-hybridized carbons (Fsp3) is 0. The van der Waals surface area contributed by atoms with Gasteiger partial charge in [-0.3, -0.25) is 19.7 Å². The third-order valence-corrected chi connectivity index (χ3v) is 4.43. The van der Waals surface area contributed by atoms with Crippen molar-refractivity contribution in [2.24, 2.45) is 0 Å². The van der Waals surface area contributed by atoms with Gasteiger partial charge in [-0.2, -0.15) is 0 Å². The van der Waals surface area contributed by atoms with Gasteiger partial charge in [-0.05, 0) is 18.2 Å². The van der Waals surface area contributed by atoms with E-state index in [-0.39, 0.29) is 33.7 Å². The molecule has 0 heterocycles. The number of phenolic OH excluding ortho intramolecular Hbond substituents is 2. The molecule has 0 unspecified atom stereocenters. The van der Waals surface area contributed by atoms with Crippen molar-refractivity contribution < 1.29 is 24.7 Å². The van der Waals surface area contributed by atoms with Gasteiger partial charge < -0.3 is 15.5 Å². The number of nitrogens with one attached hydrogen (secondary N) is 1. The summed E-state index contributed by atoms with van der Waals surface area (Å²) >= 11 is 0. The van der Waals surface area contributed by atoms with Gasteiger partial charge in [0.2, 0.25) is 0 Å². The summed E-state index contributed by atoms with van der Waals surface area (Å²) in [6.07, 6.45) is 0. The molecule has 0 fully saturated rings. The van der Waals surface area contributed by atoms with E-state index in [9.17, 15) is 29.9 Å². The van der Waals surface area contributed by atoms with Crippen LogP contribution >= 0.6 is 0 Å². The van der Waals surface area contributed by atoms with Crippen molar-refractivity contribution in [2.45, 2.75) is 0 Å². The highest BCUT2D eigenvalue weighted by atomic mass is 16.6. The molecule has 4 rings (SSSR count). The van der Waals surface area contributed by atoms with E-state index in [0.717, 1.165) is 18.2 Å². The molecule has 0 atom stereocenters. The lowest BCUT2D eigenvalue weighted by atomic mass is 9.82. The lowest BCUT2D eigenvalue weighted by molar-refractivity contribution is -0.385. The number of ketones is 2. The van der Waals surface area contributed by atoms with Crippen molar-refractivity contribution in [1.29, 1.82) is 0 Å². The number of hydrogen-bond acceptors (Lipinski definition) is 7. The molecule has 1 aliphatic rings. The highest BCUT2D eigenvalue weighted by molar-refractivity contribution is 6.31. The van der Waals surface area contributed by atoms with E-state index in [1.165, 1.54) is 6.07 Å². The summed E-state index contributed by atoms with van der Waals surface area (Å²) in [5.41, 5.74) is -0.412. The van der Waals surface area contributed by atoms with E-state index in [1.807, 2.05) is 0 Å². The minimum Gasteiger partial charge on any atom is -0.508 e. The number of para-hydroxylation sites is 1. The first kappa shape index (κ1) is 17.2. The number of anilines is 2. The normalized spacial score (nSPS) is 12.3. The summed E-state index contributed by atoms with van der Waals surface area (Å²) in [7, 11) is 0. The van der Waals surface area contributed by atoms with Gasteiger partial charge in [0.05, 0.1) is 27.8 Å². The second-order valence-corrected chi connectivity index (χ2v) is 6.21. The Morgan fingerprint density at radius 1 is 0.857 bits per heavy atom. The van der Waals surface area contributed by atoms with Crippen LogP contribution in [0.4, 0.5) is 17.1 Å². The van der Waals surface area contributed by atoms with E-state index in [0.29, 0.717) is 5.69 Å². The molecule has 3 N–H and O–H groups in total. The Morgan fingerprint density at radius 3 is 2.21 bits per heavy atom. The number of nitrogens with zero attached hydrogens (tertiary/aromatic N) is 1. The van der Waals surface area contributed by atoms with Crippen LogP contribution in [-0.4, -0.2) is 26.7 Å². The molecule has 0 aromatic heterocycles. The number of carbonyl (C=O) groups excluding carboxylic acids is 2. The fourth-order valence-corrected chi connectivity index (χ4v) is 3.23. The Morgan fingerprint density at radius 2 is 1.54 bits per heavy atom. The standard InChI is InChI=1S/C20H12N2O6/c23-12-8-14-17(15(9-12)21-10-4-2-1-3-5-10)20(26)18-13(19(14)25)6-11(22(27)28)7-16(18)24/h1-9,21,23-24H. The largest absolute Gasteiger partial charge is 0.508 e. The lowest BCUT2D eigenvalue weighted by Gasteiger charge is -2.21. The molecule has 0 aliphatic heterocycles. The van der Waals surface area contributed by atoms with Crippen LogP contribution in [0.25, 0.3) is 0 Å². The van der Waals surface area contributed by atoms with Crippen LogP contribution in [0.5, 0.6) is 11.5 Å². The maximum atomic E-state index is 13.1. The van der Waals surface area contributed by atoms with Crippen LogP contribution in [0.15, 0.2) is 54.6 Å². The van der Waals surface area contributed by atoms with Crippen LogP contribution in [0, 0.1) is 10.1 Å². The Hall–Kier alpha value is -4.20. The minimum absolute atomic E-state index is 0.0247. The number of rotatable bonds is 3. The smallest absolute Gasteiger partial charge is 0.273 e. The predicted molar refractivity (Wildman–Crippen MR) is 99.5 cm³/mol. The molecule has 0 bridgehead atoms. The van der Waals surface area contributed by atoms with Crippen LogP contribution in [0.2, 0.25) is 0 Å². The molecule has 28 heavy (non-hydrogen) atoms. The van der Waals surface area contributed by atoms with Crippen LogP contribution in [-0.2, 0) is 0 Å². The van der Waals surface area contributed by atoms with Gasteiger partial charge in [0.25, 0.3) is 5.69 Å². The molecule has 138 valence electrons. The van der Waals surface area contributed by atoms with Gasteiger partial charge in [-0.15, -0.1) is 0 Å². The highest BCUT2D eigenvalue weighted by Crippen LogP contribution is 2.40. The quantitative estimate of drug-likeness (QED) is 0.368. The third-order valence-electron chi connectivity index (χ3n) is 4.43. The van der Waals surface area contributed by atoms with Gasteiger partial charge >= 0.3 is 0 Å². The fourth-order valence-electron chi connectivity index (χ4n) is 3.23. The van der Waals surface area contributed by atoms with Gasteiger partial charge in [-0.1, -0.05) is 18.2 Å². The van der Waals surface area contributed by atoms with Gasteiger partial charge in [0, 0.05) is 28.9 Å². The van der Waals surface area contributed by atoms with E-state index < -0.39 is 27.9 Å². The van der Waals surface area contributed by atoms with Gasteiger partial charge in [0.1, 0.15) is 11.5 Å². The molecule has 3 aromatic rings. The maximum Gasteiger partial charge on any atom is 0.273 e. The molecular weight excluding hydrogens is 364 g/mol. The number of fused-ring (bicyclic) bond motifs is 2. The van der Waals surface area contributed by atoms with E-state index in [2.05, 4.69) is 5.32 Å². The second kappa shape index (κ2) is 6.20. The van der Waals surface area contributed by atoms with E-state index >= 15 is 0 Å². The molecule has 0 amide bonds. The number of phenols is 2. The molecule has 0 saturated heterocycles. The predicted octanol–water partition coefficient (Wildman–Crippen LogP) is 3.53. The zero-order valence-corrected chi connectivity index (χ0v) is 14.2. The molecule has 0 radical (unpaired) electrons. The molecule has 0 saturated carbocycles. The Kier molecular flexibility index (Phi) is 3.82. The summed E-state index contributed by atoms with van der Waals surface area (Å²) in [4.78, 5) is 36.3. The van der Waals surface area contributed by atoms with Crippen molar-refractivity contribution >= 4 is 28.6 Å². The first-order chi connectivity index (χ1) is 13.4. The minimum atomic E-state index is -0.766. The number of hydrogen-bond donors (Lipinski definition) is 3. The monoisotopic (exact) mass is 376 g/mol. The third kappa shape index (κ3) is 2.64. The topological polar surface area (TPSA) is 130 Å². The average molecular weight is 376 g/mol. The first-order valence-electron chi connectivity index (χ1n) is 8.16. The zero-order chi connectivity index (χ0) is 20.0. The Balaban J connectivity index is 1.93. The van der Waals surface area contributed by atoms with E-state index in [1.54, 1.807) is 30.3 Å². The summed E-state index contributed by atoms with van der Waals surface area (Å²) in [6.45, 7) is 0. The van der Waals surface area contributed by atoms with Crippen molar-refractivity contribution in [1.82, 2.24) is 0 Å². The van der Waals surface area contributed by atoms with Crippen molar-refractivity contribution in [3.8, 4) is 11.5 Å². The van der Waals surface area contributed by atoms with Crippen molar-refractivity contribution in [3.63, 3.8) is 0 Å². The lowest BCUT2D eigenvalue weighted by Crippen LogP contribution is -2.22. The number of nitro groups is 1. The SMILES string of the molecule is O=C1c2cc([N+](=O)[O-])cc(O)c2C(=O)c2c(Nc3ccccc3)cc(O)cc21. The number of carbonyl (C=O) groups is 2. The van der Waals surface area contributed by atoms with Crippen LogP contribution < -0.4 is 5.32 Å².